The fourth-order valence-electron chi connectivity index (χ4n) is 0.633. The van der Waals surface area contributed by atoms with Gasteiger partial charge in [0.25, 0.3) is 0 Å². The van der Waals surface area contributed by atoms with Crippen molar-refractivity contribution in [3.63, 3.8) is 0 Å². The van der Waals surface area contributed by atoms with E-state index in [-0.39, 0.29) is 21.7 Å². The number of hydrogen-bond acceptors (Lipinski definition) is 1. The Labute approximate surface area is 76.3 Å². The van der Waals surface area contributed by atoms with Crippen molar-refractivity contribution in [2.75, 3.05) is 6.61 Å². The fraction of sp³-hybridized carbons (Fsp3) is 0.250. The van der Waals surface area contributed by atoms with E-state index in [4.69, 9.17) is 4.74 Å². The Morgan fingerprint density at radius 1 is 1.60 bits per heavy atom. The summed E-state index contributed by atoms with van der Waals surface area (Å²) < 4.78 is 5.17. The third-order valence-corrected chi connectivity index (χ3v) is 0.990. The van der Waals surface area contributed by atoms with E-state index in [9.17, 15) is 0 Å². The quantitative estimate of drug-likeness (QED) is 0.614. The zero-order chi connectivity index (χ0) is 6.53. The molecule has 0 aromatic heterocycles. The van der Waals surface area contributed by atoms with Gasteiger partial charge >= 0.3 is 0 Å². The van der Waals surface area contributed by atoms with E-state index in [0.717, 1.165) is 12.4 Å². The van der Waals surface area contributed by atoms with Crippen molar-refractivity contribution >= 4 is 0 Å². The van der Waals surface area contributed by atoms with Gasteiger partial charge in [-0.3, -0.25) is 0 Å². The molecular formula is C8H9OTi. The van der Waals surface area contributed by atoms with Gasteiger partial charge in [0.15, 0.2) is 0 Å². The smallest absolute Gasteiger partial charge is 0.119 e. The summed E-state index contributed by atoms with van der Waals surface area (Å²) in [5, 5.41) is 0. The Kier molecular flexibility index (Phi) is 5.37. The molecule has 0 heterocycles. The average molecular weight is 169 g/mol. The molecule has 1 nitrogen and oxygen atoms in total. The molecule has 1 radical (unpaired) electrons. The van der Waals surface area contributed by atoms with Crippen molar-refractivity contribution in [3.8, 4) is 5.75 Å². The second kappa shape index (κ2) is 5.51. The summed E-state index contributed by atoms with van der Waals surface area (Å²) in [6.07, 6.45) is 0. The third kappa shape index (κ3) is 3.04. The second-order valence-electron chi connectivity index (χ2n) is 1.67. The van der Waals surface area contributed by atoms with Crippen LogP contribution in [0.3, 0.4) is 0 Å². The summed E-state index contributed by atoms with van der Waals surface area (Å²) in [5.41, 5.74) is 0. The molecule has 0 aliphatic carbocycles. The standard InChI is InChI=1S/C8H9O.Ti/c1-2-9-8-6-4-3-5-7-8;/h3-4,6-7H,2H2,1H3;. The molecule has 0 unspecified atom stereocenters. The normalized spacial score (nSPS) is 8.10. The van der Waals surface area contributed by atoms with E-state index < -0.39 is 0 Å². The third-order valence-electron chi connectivity index (χ3n) is 0.990. The van der Waals surface area contributed by atoms with E-state index >= 15 is 0 Å². The molecule has 1 aromatic carbocycles. The minimum atomic E-state index is 0. The van der Waals surface area contributed by atoms with E-state index in [1.807, 2.05) is 31.2 Å². The molecule has 0 fully saturated rings. The molecule has 1 rings (SSSR count). The predicted molar refractivity (Wildman–Crippen MR) is 36.4 cm³/mol. The molecule has 0 amide bonds. The van der Waals surface area contributed by atoms with Gasteiger partial charge < -0.3 is 4.74 Å². The largest absolute Gasteiger partial charge is 0.494 e. The first kappa shape index (κ1) is 9.73. The van der Waals surface area contributed by atoms with Crippen LogP contribution in [0.15, 0.2) is 24.3 Å². The molecule has 0 aliphatic rings. The van der Waals surface area contributed by atoms with E-state index in [0.29, 0.717) is 0 Å². The summed E-state index contributed by atoms with van der Waals surface area (Å²) in [4.78, 5) is 0. The first-order valence-electron chi connectivity index (χ1n) is 3.02. The van der Waals surface area contributed by atoms with Gasteiger partial charge in [-0.25, -0.2) is 0 Å². The van der Waals surface area contributed by atoms with Crippen LogP contribution in [0.25, 0.3) is 0 Å². The van der Waals surface area contributed by atoms with Gasteiger partial charge in [-0.2, -0.15) is 0 Å². The Morgan fingerprint density at radius 2 is 2.40 bits per heavy atom. The number of hydrogen-bond donors (Lipinski definition) is 0. The summed E-state index contributed by atoms with van der Waals surface area (Å²) in [5.74, 6) is 0.889. The van der Waals surface area contributed by atoms with Crippen molar-refractivity contribution in [3.05, 3.63) is 30.3 Å². The van der Waals surface area contributed by atoms with Crippen molar-refractivity contribution in [2.24, 2.45) is 0 Å². The number of ether oxygens (including phenoxy) is 1. The van der Waals surface area contributed by atoms with Gasteiger partial charge in [-0.15, -0.1) is 0 Å². The van der Waals surface area contributed by atoms with Gasteiger partial charge in [-0.05, 0) is 25.1 Å². The first-order chi connectivity index (χ1) is 4.43. The van der Waals surface area contributed by atoms with Crippen molar-refractivity contribution < 1.29 is 26.5 Å². The summed E-state index contributed by atoms with van der Waals surface area (Å²) >= 11 is 0. The monoisotopic (exact) mass is 169 g/mol. The maximum Gasteiger partial charge on any atom is 0.119 e. The maximum atomic E-state index is 5.17. The SMILES string of the molecule is CCOc1c[c]ccc1.[Ti]. The Hall–Kier alpha value is -0.266. The molecule has 10 heavy (non-hydrogen) atoms. The van der Waals surface area contributed by atoms with Gasteiger partial charge in [0.05, 0.1) is 6.61 Å². The van der Waals surface area contributed by atoms with Gasteiger partial charge in [0.2, 0.25) is 0 Å². The van der Waals surface area contributed by atoms with Gasteiger partial charge in [0.1, 0.15) is 5.75 Å². The summed E-state index contributed by atoms with van der Waals surface area (Å²) in [6, 6.07) is 10.4. The van der Waals surface area contributed by atoms with Crippen LogP contribution in [0, 0.1) is 6.07 Å². The second-order valence-corrected chi connectivity index (χ2v) is 1.67. The van der Waals surface area contributed by atoms with Gasteiger partial charge in [-0.1, -0.05) is 12.1 Å². The van der Waals surface area contributed by atoms with Crippen LogP contribution in [0.2, 0.25) is 0 Å². The zero-order valence-electron chi connectivity index (χ0n) is 5.92. The van der Waals surface area contributed by atoms with Crippen LogP contribution < -0.4 is 4.74 Å². The first-order valence-corrected chi connectivity index (χ1v) is 3.02. The van der Waals surface area contributed by atoms with Crippen LogP contribution >= 0.6 is 0 Å². The van der Waals surface area contributed by atoms with Crippen LogP contribution in [-0.4, -0.2) is 6.61 Å². The molecule has 2 heteroatoms. The topological polar surface area (TPSA) is 9.23 Å². The minimum Gasteiger partial charge on any atom is -0.494 e. The minimum absolute atomic E-state index is 0. The molecule has 0 spiro atoms. The van der Waals surface area contributed by atoms with Crippen LogP contribution in [0.1, 0.15) is 6.92 Å². The van der Waals surface area contributed by atoms with Crippen molar-refractivity contribution in [1.29, 1.82) is 0 Å². The van der Waals surface area contributed by atoms with Crippen molar-refractivity contribution in [2.45, 2.75) is 6.92 Å². The number of benzene rings is 1. The molecule has 0 bridgehead atoms. The molecule has 0 atom stereocenters. The van der Waals surface area contributed by atoms with E-state index in [1.165, 1.54) is 0 Å². The zero-order valence-corrected chi connectivity index (χ0v) is 7.49. The Bertz CT molecular complexity index is 162. The van der Waals surface area contributed by atoms with Gasteiger partial charge in [0, 0.05) is 21.7 Å². The molecule has 0 saturated carbocycles. The number of rotatable bonds is 2. The predicted octanol–water partition coefficient (Wildman–Crippen LogP) is 1.88. The molecule has 0 N–H and O–H groups in total. The van der Waals surface area contributed by atoms with Crippen LogP contribution in [-0.2, 0) is 21.7 Å². The average Bonchev–Trinajstić information content (AvgIpc) is 1.91. The molecule has 51 valence electrons. The molecule has 0 saturated heterocycles. The van der Waals surface area contributed by atoms with Crippen LogP contribution in [0.5, 0.6) is 5.75 Å². The maximum absolute atomic E-state index is 5.17. The molecule has 1 aromatic rings. The van der Waals surface area contributed by atoms with E-state index in [2.05, 4.69) is 6.07 Å². The van der Waals surface area contributed by atoms with E-state index in [1.54, 1.807) is 0 Å². The fourth-order valence-corrected chi connectivity index (χ4v) is 0.633. The van der Waals surface area contributed by atoms with Crippen molar-refractivity contribution in [1.82, 2.24) is 0 Å². The Balaban J connectivity index is 0.000000810. The summed E-state index contributed by atoms with van der Waals surface area (Å²) in [7, 11) is 0. The molecule has 0 aliphatic heterocycles. The summed E-state index contributed by atoms with van der Waals surface area (Å²) in [6.45, 7) is 2.69. The Morgan fingerprint density at radius 3 is 2.90 bits per heavy atom. The van der Waals surface area contributed by atoms with Crippen LogP contribution in [0.4, 0.5) is 0 Å². The molecular weight excluding hydrogens is 160 g/mol.